The monoisotopic (exact) mass is 425 g/mol. The molecule has 1 atom stereocenters. The van der Waals surface area contributed by atoms with E-state index in [4.69, 9.17) is 4.74 Å². The molecule has 2 fully saturated rings. The molecule has 0 radical (unpaired) electrons. The van der Waals surface area contributed by atoms with Crippen LogP contribution in [-0.4, -0.2) is 53.3 Å². The SMILES string of the molecule is COc1ccc(Nc2nc(NCC3CCCCC3)nc(NC3CCCN3C)n2)cc1C. The molecule has 168 valence electrons. The topological polar surface area (TPSA) is 87.2 Å². The number of likely N-dealkylation sites (tertiary alicyclic amines) is 1. The minimum atomic E-state index is 0.254. The lowest BCUT2D eigenvalue weighted by molar-refractivity contribution is 0.337. The van der Waals surface area contributed by atoms with Gasteiger partial charge in [0.2, 0.25) is 17.8 Å². The number of nitrogens with zero attached hydrogens (tertiary/aromatic N) is 4. The summed E-state index contributed by atoms with van der Waals surface area (Å²) < 4.78 is 5.37. The molecule has 3 N–H and O–H groups in total. The number of nitrogens with one attached hydrogen (secondary N) is 3. The van der Waals surface area contributed by atoms with Crippen LogP contribution in [0.1, 0.15) is 50.5 Å². The fourth-order valence-corrected chi connectivity index (χ4v) is 4.53. The van der Waals surface area contributed by atoms with Crippen LogP contribution in [-0.2, 0) is 0 Å². The molecule has 2 aromatic rings. The van der Waals surface area contributed by atoms with E-state index in [2.05, 4.69) is 42.8 Å². The number of aromatic nitrogens is 3. The second kappa shape index (κ2) is 10.1. The van der Waals surface area contributed by atoms with E-state index >= 15 is 0 Å². The predicted octanol–water partition coefficient (Wildman–Crippen LogP) is 4.39. The number of aryl methyl sites for hydroxylation is 1. The molecule has 1 saturated carbocycles. The largest absolute Gasteiger partial charge is 0.496 e. The molecular formula is C23H35N7O. The lowest BCUT2D eigenvalue weighted by Crippen LogP contribution is -2.33. The van der Waals surface area contributed by atoms with Crippen molar-refractivity contribution in [2.45, 2.75) is 58.0 Å². The standard InChI is InChI=1S/C23H35N7O/c1-16-14-18(11-12-19(16)31-3)25-22-27-21(24-15-17-8-5-4-6-9-17)28-23(29-22)26-20-10-7-13-30(20)2/h11-12,14,17,20H,4-10,13,15H2,1-3H3,(H3,24,25,26,27,28,29). The predicted molar refractivity (Wildman–Crippen MR) is 125 cm³/mol. The molecule has 0 bridgehead atoms. The number of hydrogen-bond donors (Lipinski definition) is 3. The Balaban J connectivity index is 1.51. The second-order valence-electron chi connectivity index (χ2n) is 8.78. The van der Waals surface area contributed by atoms with E-state index in [0.29, 0.717) is 23.8 Å². The van der Waals surface area contributed by atoms with Gasteiger partial charge in [-0.15, -0.1) is 0 Å². The Morgan fingerprint density at radius 3 is 2.48 bits per heavy atom. The van der Waals surface area contributed by atoms with E-state index in [1.54, 1.807) is 7.11 Å². The van der Waals surface area contributed by atoms with E-state index in [1.165, 1.54) is 38.5 Å². The third kappa shape index (κ3) is 5.76. The highest BCUT2D eigenvalue weighted by Gasteiger charge is 2.22. The van der Waals surface area contributed by atoms with Crippen LogP contribution in [0.5, 0.6) is 5.75 Å². The van der Waals surface area contributed by atoms with Crippen molar-refractivity contribution in [1.82, 2.24) is 19.9 Å². The fourth-order valence-electron chi connectivity index (χ4n) is 4.53. The summed E-state index contributed by atoms with van der Waals surface area (Å²) in [5.41, 5.74) is 1.98. The Morgan fingerprint density at radius 2 is 1.77 bits per heavy atom. The number of hydrogen-bond acceptors (Lipinski definition) is 8. The zero-order chi connectivity index (χ0) is 21.6. The van der Waals surface area contributed by atoms with Gasteiger partial charge in [-0.3, -0.25) is 4.90 Å². The lowest BCUT2D eigenvalue weighted by Gasteiger charge is -2.23. The van der Waals surface area contributed by atoms with Crippen molar-refractivity contribution in [2.75, 3.05) is 43.2 Å². The minimum absolute atomic E-state index is 0.254. The molecule has 0 amide bonds. The molecule has 31 heavy (non-hydrogen) atoms. The molecule has 1 aromatic carbocycles. The van der Waals surface area contributed by atoms with Gasteiger partial charge in [-0.05, 0) is 75.9 Å². The van der Waals surface area contributed by atoms with Crippen LogP contribution >= 0.6 is 0 Å². The zero-order valence-electron chi connectivity index (χ0n) is 18.9. The first-order valence-electron chi connectivity index (χ1n) is 11.5. The van der Waals surface area contributed by atoms with Gasteiger partial charge < -0.3 is 20.7 Å². The first-order chi connectivity index (χ1) is 15.1. The van der Waals surface area contributed by atoms with Crippen molar-refractivity contribution in [3.8, 4) is 5.75 Å². The normalized spacial score (nSPS) is 19.9. The van der Waals surface area contributed by atoms with Gasteiger partial charge in [0, 0.05) is 12.2 Å². The van der Waals surface area contributed by atoms with Gasteiger partial charge in [-0.2, -0.15) is 15.0 Å². The molecule has 1 aromatic heterocycles. The third-order valence-corrected chi connectivity index (χ3v) is 6.38. The van der Waals surface area contributed by atoms with Crippen molar-refractivity contribution in [2.24, 2.45) is 5.92 Å². The second-order valence-corrected chi connectivity index (χ2v) is 8.78. The van der Waals surface area contributed by atoms with Gasteiger partial charge in [-0.25, -0.2) is 0 Å². The van der Waals surface area contributed by atoms with E-state index in [9.17, 15) is 0 Å². The summed E-state index contributed by atoms with van der Waals surface area (Å²) in [5.74, 6) is 3.32. The summed E-state index contributed by atoms with van der Waals surface area (Å²) in [6.07, 6.45) is 9.11. The minimum Gasteiger partial charge on any atom is -0.496 e. The summed E-state index contributed by atoms with van der Waals surface area (Å²) >= 11 is 0. The van der Waals surface area contributed by atoms with Gasteiger partial charge in [-0.1, -0.05) is 19.3 Å². The Bertz CT molecular complexity index is 869. The Labute approximate surface area is 185 Å². The van der Waals surface area contributed by atoms with Crippen LogP contribution in [0, 0.1) is 12.8 Å². The van der Waals surface area contributed by atoms with Gasteiger partial charge in [0.05, 0.1) is 13.3 Å². The average molecular weight is 426 g/mol. The summed E-state index contributed by atoms with van der Waals surface area (Å²) in [6.45, 7) is 4.02. The average Bonchev–Trinajstić information content (AvgIpc) is 3.17. The quantitative estimate of drug-likeness (QED) is 0.574. The molecule has 8 nitrogen and oxygen atoms in total. The van der Waals surface area contributed by atoms with E-state index in [0.717, 1.165) is 36.5 Å². The van der Waals surface area contributed by atoms with Crippen LogP contribution in [0.2, 0.25) is 0 Å². The molecule has 4 rings (SSSR count). The smallest absolute Gasteiger partial charge is 0.233 e. The van der Waals surface area contributed by atoms with E-state index in [1.807, 2.05) is 25.1 Å². The van der Waals surface area contributed by atoms with Gasteiger partial charge >= 0.3 is 0 Å². The van der Waals surface area contributed by atoms with Crippen molar-refractivity contribution in [3.63, 3.8) is 0 Å². The van der Waals surface area contributed by atoms with Crippen molar-refractivity contribution >= 4 is 23.5 Å². The molecule has 8 heteroatoms. The highest BCUT2D eigenvalue weighted by molar-refractivity contribution is 5.58. The van der Waals surface area contributed by atoms with Crippen LogP contribution in [0.15, 0.2) is 18.2 Å². The van der Waals surface area contributed by atoms with Gasteiger partial charge in [0.25, 0.3) is 0 Å². The first kappa shape index (κ1) is 21.6. The zero-order valence-corrected chi connectivity index (χ0v) is 18.9. The molecule has 2 aliphatic rings. The van der Waals surface area contributed by atoms with Gasteiger partial charge in [0.15, 0.2) is 0 Å². The van der Waals surface area contributed by atoms with E-state index in [-0.39, 0.29) is 6.17 Å². The van der Waals surface area contributed by atoms with Crippen LogP contribution in [0.25, 0.3) is 0 Å². The molecule has 1 saturated heterocycles. The van der Waals surface area contributed by atoms with Crippen molar-refractivity contribution < 1.29 is 4.74 Å². The van der Waals surface area contributed by atoms with Crippen molar-refractivity contribution in [1.29, 1.82) is 0 Å². The first-order valence-corrected chi connectivity index (χ1v) is 11.5. The summed E-state index contributed by atoms with van der Waals surface area (Å²) in [5, 5.41) is 10.3. The number of methoxy groups -OCH3 is 1. The number of anilines is 4. The molecule has 1 aliphatic heterocycles. The Hall–Kier alpha value is -2.61. The highest BCUT2D eigenvalue weighted by atomic mass is 16.5. The van der Waals surface area contributed by atoms with Crippen LogP contribution < -0.4 is 20.7 Å². The summed E-state index contributed by atoms with van der Waals surface area (Å²) in [4.78, 5) is 16.3. The summed E-state index contributed by atoms with van der Waals surface area (Å²) in [6, 6.07) is 5.96. The maximum absolute atomic E-state index is 5.37. The number of rotatable bonds is 8. The molecule has 0 spiro atoms. The van der Waals surface area contributed by atoms with Gasteiger partial charge in [0.1, 0.15) is 5.75 Å². The molecular weight excluding hydrogens is 390 g/mol. The highest BCUT2D eigenvalue weighted by Crippen LogP contribution is 2.26. The summed E-state index contributed by atoms with van der Waals surface area (Å²) in [7, 11) is 3.82. The van der Waals surface area contributed by atoms with Crippen LogP contribution in [0.3, 0.4) is 0 Å². The van der Waals surface area contributed by atoms with Crippen molar-refractivity contribution in [3.05, 3.63) is 23.8 Å². The molecule has 2 heterocycles. The van der Waals surface area contributed by atoms with Crippen LogP contribution in [0.4, 0.5) is 23.5 Å². The number of ether oxygens (including phenoxy) is 1. The molecule has 1 unspecified atom stereocenters. The molecule has 1 aliphatic carbocycles. The van der Waals surface area contributed by atoms with E-state index < -0.39 is 0 Å². The fraction of sp³-hybridized carbons (Fsp3) is 0.609. The third-order valence-electron chi connectivity index (χ3n) is 6.38. The number of benzene rings is 1. The maximum atomic E-state index is 5.37. The Kier molecular flexibility index (Phi) is 7.06. The Morgan fingerprint density at radius 1 is 1.00 bits per heavy atom. The lowest BCUT2D eigenvalue weighted by atomic mass is 9.89. The maximum Gasteiger partial charge on any atom is 0.233 e.